The van der Waals surface area contributed by atoms with Gasteiger partial charge in [0.25, 0.3) is 5.69 Å². The van der Waals surface area contributed by atoms with Crippen LogP contribution in [-0.2, 0) is 6.42 Å². The molecule has 0 spiro atoms. The Morgan fingerprint density at radius 1 is 1.35 bits per heavy atom. The highest BCUT2D eigenvalue weighted by Gasteiger charge is 2.04. The van der Waals surface area contributed by atoms with Crippen molar-refractivity contribution in [1.29, 1.82) is 0 Å². The molecule has 0 aliphatic heterocycles. The number of nitrogens with zero attached hydrogens (tertiary/aromatic N) is 2. The Labute approximate surface area is 124 Å². The number of halogens is 1. The summed E-state index contributed by atoms with van der Waals surface area (Å²) in [6.07, 6.45) is 2.33. The number of hydrogen-bond acceptors (Lipinski definition) is 5. The number of nitrogens with two attached hydrogens (primary N) is 1. The van der Waals surface area contributed by atoms with Gasteiger partial charge >= 0.3 is 0 Å². The molecule has 20 heavy (non-hydrogen) atoms. The Morgan fingerprint density at radius 3 is 2.65 bits per heavy atom. The molecule has 1 aromatic heterocycles. The smallest absolute Gasteiger partial charge is 0.269 e. The largest absolute Gasteiger partial charge is 0.397 e. The lowest BCUT2D eigenvalue weighted by atomic mass is 10.1. The summed E-state index contributed by atoms with van der Waals surface area (Å²) in [7, 11) is 0. The van der Waals surface area contributed by atoms with Crippen LogP contribution in [0.4, 0.5) is 17.2 Å². The molecular formula is C13H13BrN4O2. The number of hydrogen-bond donors (Lipinski definition) is 2. The van der Waals surface area contributed by atoms with Crippen molar-refractivity contribution >= 4 is 33.1 Å². The Bertz CT molecular complexity index is 616. The van der Waals surface area contributed by atoms with Gasteiger partial charge in [0.05, 0.1) is 21.3 Å². The SMILES string of the molecule is Nc1cnc(NCCc2ccc([N+](=O)[O-])cc2)c(Br)c1. The molecule has 0 saturated carbocycles. The molecule has 104 valence electrons. The molecule has 0 saturated heterocycles. The van der Waals surface area contributed by atoms with Gasteiger partial charge < -0.3 is 11.1 Å². The molecule has 0 bridgehead atoms. The Morgan fingerprint density at radius 2 is 2.05 bits per heavy atom. The fraction of sp³-hybridized carbons (Fsp3) is 0.154. The van der Waals surface area contributed by atoms with Crippen molar-refractivity contribution in [3.63, 3.8) is 0 Å². The fourth-order valence-electron chi connectivity index (χ4n) is 1.69. The zero-order valence-corrected chi connectivity index (χ0v) is 12.1. The standard InChI is InChI=1S/C13H13BrN4O2/c14-12-7-10(15)8-17-13(12)16-6-5-9-1-3-11(4-2-9)18(19)20/h1-4,7-8H,5-6,15H2,(H,16,17). The van der Waals surface area contributed by atoms with E-state index >= 15 is 0 Å². The first-order chi connectivity index (χ1) is 9.56. The van der Waals surface area contributed by atoms with Crippen LogP contribution < -0.4 is 11.1 Å². The lowest BCUT2D eigenvalue weighted by molar-refractivity contribution is -0.384. The van der Waals surface area contributed by atoms with Crippen LogP contribution in [-0.4, -0.2) is 16.5 Å². The minimum absolute atomic E-state index is 0.102. The predicted octanol–water partition coefficient (Wildman–Crippen LogP) is 2.99. The van der Waals surface area contributed by atoms with Crippen molar-refractivity contribution in [1.82, 2.24) is 4.98 Å². The van der Waals surface area contributed by atoms with Crippen molar-refractivity contribution in [3.8, 4) is 0 Å². The third-order valence-corrected chi connectivity index (χ3v) is 3.32. The first kappa shape index (κ1) is 14.3. The summed E-state index contributed by atoms with van der Waals surface area (Å²) in [5.74, 6) is 0.723. The van der Waals surface area contributed by atoms with Crippen LogP contribution >= 0.6 is 15.9 Å². The summed E-state index contributed by atoms with van der Waals surface area (Å²) >= 11 is 3.38. The van der Waals surface area contributed by atoms with Crippen molar-refractivity contribution in [2.75, 3.05) is 17.6 Å². The van der Waals surface area contributed by atoms with E-state index in [9.17, 15) is 10.1 Å². The number of nitrogens with one attached hydrogen (secondary N) is 1. The first-order valence-corrected chi connectivity index (χ1v) is 6.74. The number of nitro groups is 1. The van der Waals surface area contributed by atoms with E-state index in [0.29, 0.717) is 12.2 Å². The van der Waals surface area contributed by atoms with Crippen LogP contribution in [0, 0.1) is 10.1 Å². The molecule has 0 fully saturated rings. The third-order valence-electron chi connectivity index (χ3n) is 2.72. The lowest BCUT2D eigenvalue weighted by Gasteiger charge is -2.08. The molecule has 0 unspecified atom stereocenters. The molecule has 2 rings (SSSR count). The second-order valence-electron chi connectivity index (χ2n) is 4.20. The minimum Gasteiger partial charge on any atom is -0.397 e. The summed E-state index contributed by atoms with van der Waals surface area (Å²) < 4.78 is 0.807. The Kier molecular flexibility index (Phi) is 4.52. The quantitative estimate of drug-likeness (QED) is 0.646. The molecule has 6 nitrogen and oxygen atoms in total. The van der Waals surface area contributed by atoms with E-state index < -0.39 is 4.92 Å². The number of anilines is 2. The van der Waals surface area contributed by atoms with E-state index in [4.69, 9.17) is 5.73 Å². The second kappa shape index (κ2) is 6.33. The van der Waals surface area contributed by atoms with Crippen molar-refractivity contribution in [2.24, 2.45) is 0 Å². The van der Waals surface area contributed by atoms with Gasteiger partial charge in [-0.05, 0) is 34.0 Å². The van der Waals surface area contributed by atoms with Gasteiger partial charge in [-0.25, -0.2) is 4.98 Å². The number of nitro benzene ring substituents is 1. The van der Waals surface area contributed by atoms with Gasteiger partial charge in [0, 0.05) is 18.7 Å². The average Bonchev–Trinajstić information content (AvgIpc) is 2.42. The number of benzene rings is 1. The summed E-state index contributed by atoms with van der Waals surface area (Å²) in [6.45, 7) is 0.674. The Balaban J connectivity index is 1.91. The van der Waals surface area contributed by atoms with Crippen LogP contribution in [0.5, 0.6) is 0 Å². The highest BCUT2D eigenvalue weighted by molar-refractivity contribution is 9.10. The monoisotopic (exact) mass is 336 g/mol. The van der Waals surface area contributed by atoms with Gasteiger partial charge in [0.2, 0.25) is 0 Å². The highest BCUT2D eigenvalue weighted by Crippen LogP contribution is 2.21. The van der Waals surface area contributed by atoms with E-state index in [1.807, 2.05) is 0 Å². The van der Waals surface area contributed by atoms with Crippen LogP contribution in [0.15, 0.2) is 41.0 Å². The summed E-state index contributed by atoms with van der Waals surface area (Å²) in [6, 6.07) is 8.30. The molecule has 1 aromatic carbocycles. The molecule has 2 aromatic rings. The van der Waals surface area contributed by atoms with Crippen molar-refractivity contribution < 1.29 is 4.92 Å². The predicted molar refractivity (Wildman–Crippen MR) is 81.6 cm³/mol. The normalized spacial score (nSPS) is 10.2. The maximum atomic E-state index is 10.5. The number of rotatable bonds is 5. The van der Waals surface area contributed by atoms with Gasteiger partial charge in [-0.2, -0.15) is 0 Å². The maximum absolute atomic E-state index is 10.5. The molecular weight excluding hydrogens is 324 g/mol. The fourth-order valence-corrected chi connectivity index (χ4v) is 2.20. The van der Waals surface area contributed by atoms with Gasteiger partial charge in [0.15, 0.2) is 0 Å². The zero-order valence-electron chi connectivity index (χ0n) is 10.5. The van der Waals surface area contributed by atoms with E-state index in [-0.39, 0.29) is 5.69 Å². The van der Waals surface area contributed by atoms with E-state index in [1.165, 1.54) is 12.1 Å². The van der Waals surface area contributed by atoms with Gasteiger partial charge in [-0.3, -0.25) is 10.1 Å². The molecule has 1 heterocycles. The summed E-state index contributed by atoms with van der Waals surface area (Å²) in [4.78, 5) is 14.3. The van der Waals surface area contributed by atoms with Crippen LogP contribution in [0.1, 0.15) is 5.56 Å². The van der Waals surface area contributed by atoms with Crippen molar-refractivity contribution in [3.05, 3.63) is 56.7 Å². The topological polar surface area (TPSA) is 94.1 Å². The molecule has 0 amide bonds. The van der Waals surface area contributed by atoms with Crippen LogP contribution in [0.2, 0.25) is 0 Å². The lowest BCUT2D eigenvalue weighted by Crippen LogP contribution is -2.07. The minimum atomic E-state index is -0.405. The number of non-ortho nitro benzene ring substituents is 1. The third kappa shape index (κ3) is 3.67. The summed E-state index contributed by atoms with van der Waals surface area (Å²) in [5, 5.41) is 13.7. The van der Waals surface area contributed by atoms with Gasteiger partial charge in [0.1, 0.15) is 5.82 Å². The molecule has 0 radical (unpaired) electrons. The molecule has 3 N–H and O–H groups in total. The van der Waals surface area contributed by atoms with E-state index in [1.54, 1.807) is 24.4 Å². The Hall–Kier alpha value is -2.15. The highest BCUT2D eigenvalue weighted by atomic mass is 79.9. The maximum Gasteiger partial charge on any atom is 0.269 e. The second-order valence-corrected chi connectivity index (χ2v) is 5.05. The van der Waals surface area contributed by atoms with Crippen molar-refractivity contribution in [2.45, 2.75) is 6.42 Å². The van der Waals surface area contributed by atoms with E-state index in [0.717, 1.165) is 22.3 Å². The molecule has 0 atom stereocenters. The van der Waals surface area contributed by atoms with Gasteiger partial charge in [-0.15, -0.1) is 0 Å². The number of nitrogen functional groups attached to an aromatic ring is 1. The summed E-state index contributed by atoms with van der Waals surface area (Å²) in [5.41, 5.74) is 7.33. The molecule has 0 aliphatic rings. The number of aromatic nitrogens is 1. The van der Waals surface area contributed by atoms with E-state index in [2.05, 4.69) is 26.2 Å². The average molecular weight is 337 g/mol. The molecule has 0 aliphatic carbocycles. The number of pyridine rings is 1. The zero-order chi connectivity index (χ0) is 14.5. The molecule has 7 heteroatoms. The first-order valence-electron chi connectivity index (χ1n) is 5.94. The van der Waals surface area contributed by atoms with Crippen LogP contribution in [0.25, 0.3) is 0 Å². The van der Waals surface area contributed by atoms with Gasteiger partial charge in [-0.1, -0.05) is 12.1 Å². The van der Waals surface area contributed by atoms with Crippen LogP contribution in [0.3, 0.4) is 0 Å².